The molecule has 0 radical (unpaired) electrons. The van der Waals surface area contributed by atoms with Gasteiger partial charge in [-0.15, -0.1) is 0 Å². The van der Waals surface area contributed by atoms with Gasteiger partial charge in [0.2, 0.25) is 23.6 Å². The standard InChI is InChI=1S/C18H25N.C16H23NO.C15H20O.C14H27NO.C13H20N2O.C13H23NO.C12H25N.C9H18FN.C9H18O/c1-14(2)18-10-8-15(9-11-18)6-7-16-4-3-5-17(12-16)13-19;1-13(2)15-9-6-10-17(12-15)16(18)11-14-7-4-3-5-8-14;1-12-7-9-13(10-8-12)11-15(16)14-5-3-2-4-6-14;1-10(2)9-14(16)15-13-7-5-12(6-8-13)11(3)4;1-10(2)11-4-3-7-15(8-11)12(16)13(9-14)5-6-13;1-10(2)12-4-3-7-14(9-12)13(15)8-11-5-6-11;1-9(2)11-5-7-12(8-6-11)13-10(3)4;1-9(2,3)7-4-5-11-6-8(7)10;1-7(2)8-4-3-5-9(10)6-8/h3-5,12,14-15,18H,6-11H2,1-2H3;3-5,7-8,13,15H,6,9-12H2,1-2H3;2-6,12-13H,7-11H2,1H3;10-13H,5-9H2,1-4H3,(H,15,16);10-11H,3-8H2,1-2H3;10-12H,3-9H2,1-2H3;9-13H,5-8H2,1-4H3;7-8,11H,4-6H2,1-3H3;7-10H,3-6H2,1-2H3/t;15-;;;11-;12-;;;8-,9-/m.1..11..1/s1. The molecule has 4 aliphatic heterocycles. The predicted molar refractivity (Wildman–Crippen MR) is 559 cm³/mol. The van der Waals surface area contributed by atoms with Crippen LogP contribution in [0, 0.1) is 152 Å². The highest BCUT2D eigenvalue weighted by Crippen LogP contribution is 2.48. The first-order valence-electron chi connectivity index (χ1n) is 55.1. The number of nitriles is 2. The van der Waals surface area contributed by atoms with E-state index in [1.807, 2.05) is 83.8 Å². The van der Waals surface area contributed by atoms with Crippen LogP contribution >= 0.6 is 0 Å². The third-order valence-corrected chi connectivity index (χ3v) is 32.5. The number of hydrogen-bond acceptors (Lipinski definition) is 10. The summed E-state index contributed by atoms with van der Waals surface area (Å²) in [5, 5.41) is 37.1. The number of ketones is 1. The Morgan fingerprint density at radius 2 is 0.940 bits per heavy atom. The van der Waals surface area contributed by atoms with Crippen molar-refractivity contribution in [1.29, 1.82) is 10.5 Å². The fraction of sp³-hybridized carbons (Fsp3) is 0.790. The maximum atomic E-state index is 13.3. The minimum absolute atomic E-state index is 0.00106. The highest BCUT2D eigenvalue weighted by atomic mass is 19.1. The highest BCUT2D eigenvalue weighted by Gasteiger charge is 2.53. The number of benzene rings is 3. The predicted octanol–water partition coefficient (Wildman–Crippen LogP) is 27.8. The van der Waals surface area contributed by atoms with E-state index >= 15 is 0 Å². The first-order valence-corrected chi connectivity index (χ1v) is 55.1. The first kappa shape index (κ1) is 117. The molecule has 11 fully saturated rings. The summed E-state index contributed by atoms with van der Waals surface area (Å²) in [5.41, 5.74) is 3.61. The van der Waals surface area contributed by atoms with Gasteiger partial charge in [0.25, 0.3) is 0 Å². The van der Waals surface area contributed by atoms with Crippen LogP contribution < -0.4 is 16.0 Å². The van der Waals surface area contributed by atoms with Crippen LogP contribution in [0.3, 0.4) is 0 Å². The molecule has 14 rings (SSSR count). The highest BCUT2D eigenvalue weighted by molar-refractivity contribution is 5.96. The second-order valence-electron chi connectivity index (χ2n) is 47.9. The number of piperidine rings is 4. The number of nitrogens with zero attached hydrogens (tertiary/aromatic N) is 5. The second-order valence-corrected chi connectivity index (χ2v) is 47.9. The van der Waals surface area contributed by atoms with Gasteiger partial charge in [-0.3, -0.25) is 24.0 Å². The van der Waals surface area contributed by atoms with E-state index in [0.29, 0.717) is 78.7 Å². The van der Waals surface area contributed by atoms with Crippen LogP contribution in [0.15, 0.2) is 84.9 Å². The fourth-order valence-electron chi connectivity index (χ4n) is 22.1. The van der Waals surface area contributed by atoms with Gasteiger partial charge in [0.15, 0.2) is 5.78 Å². The Bertz CT molecular complexity index is 3800. The van der Waals surface area contributed by atoms with E-state index in [1.54, 1.807) is 0 Å². The summed E-state index contributed by atoms with van der Waals surface area (Å²) in [6, 6.07) is 34.1. The molecule has 7 saturated carbocycles. The minimum Gasteiger partial charge on any atom is -0.393 e. The second kappa shape index (κ2) is 61.5. The van der Waals surface area contributed by atoms with Gasteiger partial charge in [0.1, 0.15) is 11.6 Å². The lowest BCUT2D eigenvalue weighted by Crippen LogP contribution is -2.44. The average molecular weight is 1860 g/mol. The summed E-state index contributed by atoms with van der Waals surface area (Å²) in [4.78, 5) is 66.1. The van der Waals surface area contributed by atoms with E-state index < -0.39 is 11.6 Å². The fourth-order valence-corrected chi connectivity index (χ4v) is 22.1. The van der Waals surface area contributed by atoms with Crippen molar-refractivity contribution in [3.05, 3.63) is 107 Å². The van der Waals surface area contributed by atoms with Gasteiger partial charge in [-0.1, -0.05) is 264 Å². The van der Waals surface area contributed by atoms with E-state index in [0.717, 1.165) is 210 Å². The van der Waals surface area contributed by atoms with Crippen molar-refractivity contribution in [1.82, 2.24) is 30.7 Å². The zero-order chi connectivity index (χ0) is 98.6. The number of aliphatic hydroxyl groups excluding tert-OH is 1. The summed E-state index contributed by atoms with van der Waals surface area (Å²) in [6.45, 7) is 56.6. The molecule has 0 aromatic heterocycles. The molecular formula is C119H199FN8O6. The number of likely N-dealkylation sites (tertiary alicyclic amines) is 3. The molecule has 3 aromatic carbocycles. The molecule has 4 heterocycles. The van der Waals surface area contributed by atoms with Crippen LogP contribution in [0.5, 0.6) is 0 Å². The molecule has 3 aromatic rings. The van der Waals surface area contributed by atoms with Crippen LogP contribution in [-0.4, -0.2) is 132 Å². The maximum absolute atomic E-state index is 13.3. The van der Waals surface area contributed by atoms with Gasteiger partial charge in [0, 0.05) is 88.8 Å². The number of amides is 4. The van der Waals surface area contributed by atoms with Crippen LogP contribution in [0.2, 0.25) is 0 Å². The van der Waals surface area contributed by atoms with Crippen molar-refractivity contribution in [3.63, 3.8) is 0 Å². The van der Waals surface area contributed by atoms with Crippen molar-refractivity contribution >= 4 is 29.4 Å². The number of rotatable bonds is 23. The van der Waals surface area contributed by atoms with Crippen molar-refractivity contribution in [2.24, 2.45) is 129 Å². The number of halogens is 1. The van der Waals surface area contributed by atoms with Gasteiger partial charge >= 0.3 is 0 Å². The number of Topliss-reactive ketones (excluding diaryl/α,β-unsaturated/α-hetero) is 1. The van der Waals surface area contributed by atoms with E-state index in [2.05, 4.69) is 196 Å². The number of aryl methyl sites for hydroxylation is 1. The van der Waals surface area contributed by atoms with Gasteiger partial charge in [0.05, 0.1) is 30.2 Å². The van der Waals surface area contributed by atoms with E-state index in [9.17, 15) is 33.5 Å². The Labute approximate surface area is 820 Å². The van der Waals surface area contributed by atoms with E-state index in [-0.39, 0.29) is 35.2 Å². The molecule has 0 spiro atoms. The Kier molecular flexibility index (Phi) is 53.6. The maximum Gasteiger partial charge on any atom is 0.243 e. The smallest absolute Gasteiger partial charge is 0.243 e. The molecule has 7 aliphatic carbocycles. The molecule has 4 amide bonds. The molecule has 134 heavy (non-hydrogen) atoms. The molecule has 7 atom stereocenters. The summed E-state index contributed by atoms with van der Waals surface area (Å²) in [5.74, 6) is 16.2. The summed E-state index contributed by atoms with van der Waals surface area (Å²) < 4.78 is 13.3. The number of aliphatic hydroxyl groups is 1. The molecule has 4 N–H and O–H groups in total. The van der Waals surface area contributed by atoms with Crippen LogP contribution in [0.1, 0.15) is 404 Å². The van der Waals surface area contributed by atoms with E-state index in [4.69, 9.17) is 10.5 Å². The summed E-state index contributed by atoms with van der Waals surface area (Å²) in [7, 11) is 0. The zero-order valence-electron chi connectivity index (χ0n) is 89.4. The zero-order valence-corrected chi connectivity index (χ0v) is 89.4. The van der Waals surface area contributed by atoms with Gasteiger partial charge in [-0.25, -0.2) is 4.39 Å². The molecule has 0 bridgehead atoms. The largest absolute Gasteiger partial charge is 0.393 e. The van der Waals surface area contributed by atoms with Crippen molar-refractivity contribution in [2.45, 2.75) is 420 Å². The minimum atomic E-state index is -0.649. The van der Waals surface area contributed by atoms with Gasteiger partial charge in [-0.05, 0) is 327 Å². The van der Waals surface area contributed by atoms with Crippen LogP contribution in [0.4, 0.5) is 4.39 Å². The summed E-state index contributed by atoms with van der Waals surface area (Å²) >= 11 is 0. The first-order chi connectivity index (χ1) is 63.6. The summed E-state index contributed by atoms with van der Waals surface area (Å²) in [6.07, 6.45) is 42.8. The average Bonchev–Trinajstić information content (AvgIpc) is 1.62. The lowest BCUT2D eigenvalue weighted by atomic mass is 9.75. The Hall–Kier alpha value is -6.00. The van der Waals surface area contributed by atoms with E-state index in [1.165, 1.54) is 166 Å². The van der Waals surface area contributed by atoms with Crippen LogP contribution in [-0.2, 0) is 32.0 Å². The molecule has 4 saturated heterocycles. The molecule has 15 heteroatoms. The third-order valence-electron chi connectivity index (χ3n) is 32.5. The quantitative estimate of drug-likeness (QED) is 0.0663. The number of carbonyl (C=O) groups excluding carboxylic acids is 5. The number of nitrogens with one attached hydrogen (secondary N) is 3. The number of carbonyl (C=O) groups is 5. The Morgan fingerprint density at radius 1 is 0.493 bits per heavy atom. The lowest BCUT2D eigenvalue weighted by molar-refractivity contribution is -0.137. The molecule has 14 nitrogen and oxygen atoms in total. The molecular weight excluding hydrogens is 1660 g/mol. The monoisotopic (exact) mass is 1860 g/mol. The lowest BCUT2D eigenvalue weighted by Gasteiger charge is -2.36. The van der Waals surface area contributed by atoms with Crippen LogP contribution in [0.25, 0.3) is 0 Å². The van der Waals surface area contributed by atoms with Crippen molar-refractivity contribution in [2.75, 3.05) is 52.4 Å². The van der Waals surface area contributed by atoms with Gasteiger partial charge in [-0.2, -0.15) is 10.5 Å². The molecule has 11 aliphatic rings. The van der Waals surface area contributed by atoms with Crippen molar-refractivity contribution < 1.29 is 33.5 Å². The molecule has 2 unspecified atom stereocenters. The van der Waals surface area contributed by atoms with Crippen molar-refractivity contribution in [3.8, 4) is 12.1 Å². The Balaban J connectivity index is 0.000000233. The Morgan fingerprint density at radius 3 is 1.38 bits per heavy atom. The van der Waals surface area contributed by atoms with Gasteiger partial charge < -0.3 is 35.8 Å². The SMILES string of the molecule is CC(C)(C)C1CCNCC1F.CC(C)C1CCC(CCc2cccc(C#N)c2)CC1.CC(C)CC(=O)NC1CCC(C(C)C)CC1.CC(C)NC1CCC(C(C)C)CC1.CC(C)[C@@H]1CCCN(C(=O)C2(C#N)CC2)C1.CC(C)[C@@H]1CCCN(C(=O)CC2CC2)C1.CC(C)[C@@H]1CCCN(C(=O)Cc2ccccc2)C1.CC(C)[C@@H]1CCC[C@@H](O)C1.CC1CCC(CC(=O)c2ccccc2)CC1. The normalized spacial score (nSPS) is 26.8. The molecule has 758 valence electrons. The number of hydrogen-bond donors (Lipinski definition) is 4. The topological polar surface area (TPSA) is 199 Å². The number of alkyl halides is 1. The third kappa shape index (κ3) is 45.1.